The van der Waals surface area contributed by atoms with E-state index in [1.807, 2.05) is 6.92 Å². The average molecular weight is 227 g/mol. The lowest BCUT2D eigenvalue weighted by Crippen LogP contribution is -2.32. The van der Waals surface area contributed by atoms with Crippen LogP contribution in [0.2, 0.25) is 0 Å². The van der Waals surface area contributed by atoms with Gasteiger partial charge in [0.1, 0.15) is 11.6 Å². The van der Waals surface area contributed by atoms with Crippen LogP contribution in [0.5, 0.6) is 0 Å². The van der Waals surface area contributed by atoms with E-state index in [2.05, 4.69) is 0 Å². The maximum absolute atomic E-state index is 11.7. The molecule has 2 atom stereocenters. The molecule has 0 N–H and O–H groups in total. The molecule has 0 heterocycles. The van der Waals surface area contributed by atoms with Crippen molar-refractivity contribution in [3.63, 3.8) is 0 Å². The third-order valence-corrected chi connectivity index (χ3v) is 3.11. The number of nitro groups is 1. The zero-order valence-electron chi connectivity index (χ0n) is 9.48. The second-order valence-corrected chi connectivity index (χ2v) is 4.41. The van der Waals surface area contributed by atoms with Gasteiger partial charge in [0, 0.05) is 23.7 Å². The molecule has 90 valence electrons. The Labute approximate surface area is 94.4 Å². The van der Waals surface area contributed by atoms with Crippen LogP contribution in [0, 0.1) is 22.0 Å². The number of carbonyl (C=O) groups excluding carboxylic acids is 2. The van der Waals surface area contributed by atoms with Crippen LogP contribution in [0.1, 0.15) is 39.0 Å². The summed E-state index contributed by atoms with van der Waals surface area (Å²) in [6.45, 7) is 1.65. The maximum Gasteiger partial charge on any atom is 0.204 e. The average Bonchev–Trinajstić information content (AvgIpc) is 2.21. The van der Waals surface area contributed by atoms with Gasteiger partial charge in [0.25, 0.3) is 0 Å². The molecule has 5 heteroatoms. The van der Waals surface area contributed by atoms with E-state index in [0.29, 0.717) is 6.42 Å². The van der Waals surface area contributed by atoms with Gasteiger partial charge in [-0.25, -0.2) is 0 Å². The van der Waals surface area contributed by atoms with Crippen molar-refractivity contribution in [3.8, 4) is 0 Å². The Balaban J connectivity index is 2.40. The molecule has 0 radical (unpaired) electrons. The number of hydrogen-bond donors (Lipinski definition) is 0. The Kier molecular flexibility index (Phi) is 4.58. The molecule has 1 aliphatic carbocycles. The zero-order valence-corrected chi connectivity index (χ0v) is 9.48. The fraction of sp³-hybridized carbons (Fsp3) is 0.818. The number of nitrogens with zero attached hydrogens (tertiary/aromatic N) is 1. The first-order valence-electron chi connectivity index (χ1n) is 5.70. The third-order valence-electron chi connectivity index (χ3n) is 3.11. The van der Waals surface area contributed by atoms with Crippen LogP contribution in [0.25, 0.3) is 0 Å². The molecule has 0 aromatic carbocycles. The van der Waals surface area contributed by atoms with Crippen LogP contribution in [0.15, 0.2) is 0 Å². The maximum atomic E-state index is 11.7. The monoisotopic (exact) mass is 227 g/mol. The molecule has 0 amide bonds. The Morgan fingerprint density at radius 2 is 2.19 bits per heavy atom. The van der Waals surface area contributed by atoms with E-state index in [4.69, 9.17) is 0 Å². The molecule has 1 fully saturated rings. The molecule has 1 saturated carbocycles. The molecule has 0 saturated heterocycles. The van der Waals surface area contributed by atoms with Gasteiger partial charge in [-0.15, -0.1) is 0 Å². The smallest absolute Gasteiger partial charge is 0.204 e. The zero-order chi connectivity index (χ0) is 12.1. The summed E-state index contributed by atoms with van der Waals surface area (Å²) in [6, 6.07) is 0. The second-order valence-electron chi connectivity index (χ2n) is 4.41. The van der Waals surface area contributed by atoms with Gasteiger partial charge >= 0.3 is 0 Å². The highest BCUT2D eigenvalue weighted by molar-refractivity contribution is 6.03. The molecule has 1 aliphatic rings. The lowest BCUT2D eigenvalue weighted by molar-refractivity contribution is -0.480. The van der Waals surface area contributed by atoms with Gasteiger partial charge in [-0.2, -0.15) is 0 Å². The fourth-order valence-corrected chi connectivity index (χ4v) is 2.13. The van der Waals surface area contributed by atoms with Crippen LogP contribution in [0.4, 0.5) is 0 Å². The predicted octanol–water partition coefficient (Wildman–Crippen LogP) is 1.62. The minimum absolute atomic E-state index is 0.0253. The van der Waals surface area contributed by atoms with Gasteiger partial charge in [-0.1, -0.05) is 13.3 Å². The van der Waals surface area contributed by atoms with Crippen molar-refractivity contribution >= 4 is 11.6 Å². The number of hydrogen-bond acceptors (Lipinski definition) is 4. The molecule has 0 bridgehead atoms. The first-order valence-corrected chi connectivity index (χ1v) is 5.70. The predicted molar refractivity (Wildman–Crippen MR) is 57.6 cm³/mol. The first-order chi connectivity index (χ1) is 7.52. The second kappa shape index (κ2) is 5.72. The number of ketones is 2. The Bertz CT molecular complexity index is 300. The summed E-state index contributed by atoms with van der Waals surface area (Å²) in [5.41, 5.74) is 0. The Hall–Kier alpha value is -1.26. The summed E-state index contributed by atoms with van der Waals surface area (Å²) in [4.78, 5) is 33.1. The minimum atomic E-state index is -0.490. The van der Waals surface area contributed by atoms with Crippen molar-refractivity contribution in [2.75, 3.05) is 6.54 Å². The summed E-state index contributed by atoms with van der Waals surface area (Å²) >= 11 is 0. The normalized spacial score (nSPS) is 25.4. The van der Waals surface area contributed by atoms with Crippen LogP contribution in [-0.2, 0) is 9.59 Å². The van der Waals surface area contributed by atoms with Crippen molar-refractivity contribution in [3.05, 3.63) is 10.1 Å². The summed E-state index contributed by atoms with van der Waals surface area (Å²) in [5, 5.41) is 10.1. The highest BCUT2D eigenvalue weighted by Gasteiger charge is 2.32. The quantitative estimate of drug-likeness (QED) is 0.406. The highest BCUT2D eigenvalue weighted by Crippen LogP contribution is 2.26. The van der Waals surface area contributed by atoms with Crippen LogP contribution >= 0.6 is 0 Å². The van der Waals surface area contributed by atoms with Gasteiger partial charge in [0.05, 0.1) is 5.92 Å². The van der Waals surface area contributed by atoms with E-state index in [1.165, 1.54) is 0 Å². The van der Waals surface area contributed by atoms with E-state index >= 15 is 0 Å². The third kappa shape index (κ3) is 3.40. The standard InChI is InChI=1S/C11H17NO4/c1-8-4-2-5-9(11(8)14)10(13)6-3-7-12(15)16/h8-9H,2-7H2,1H3. The minimum Gasteiger partial charge on any atom is -0.299 e. The van der Waals surface area contributed by atoms with Gasteiger partial charge in [-0.3, -0.25) is 19.7 Å². The molecule has 0 aromatic rings. The summed E-state index contributed by atoms with van der Waals surface area (Å²) in [6.07, 6.45) is 2.78. The molecule has 0 aliphatic heterocycles. The summed E-state index contributed by atoms with van der Waals surface area (Å²) in [5.74, 6) is -0.607. The van der Waals surface area contributed by atoms with Crippen LogP contribution in [-0.4, -0.2) is 23.0 Å². The van der Waals surface area contributed by atoms with E-state index in [0.717, 1.165) is 12.8 Å². The number of Topliss-reactive ketones (excluding diaryl/α,β-unsaturated/α-hetero) is 2. The Morgan fingerprint density at radius 1 is 1.50 bits per heavy atom. The first kappa shape index (κ1) is 12.8. The van der Waals surface area contributed by atoms with Gasteiger partial charge in [0.15, 0.2) is 0 Å². The lowest BCUT2D eigenvalue weighted by atomic mass is 9.78. The number of rotatable bonds is 5. The topological polar surface area (TPSA) is 77.3 Å². The molecule has 1 rings (SSSR count). The SMILES string of the molecule is CC1CCCC(C(=O)CCC[N+](=O)[O-])C1=O. The van der Waals surface area contributed by atoms with Gasteiger partial charge < -0.3 is 0 Å². The van der Waals surface area contributed by atoms with E-state index in [-0.39, 0.29) is 36.9 Å². The van der Waals surface area contributed by atoms with Crippen molar-refractivity contribution in [2.45, 2.75) is 39.0 Å². The Morgan fingerprint density at radius 3 is 2.81 bits per heavy atom. The molecule has 0 spiro atoms. The highest BCUT2D eigenvalue weighted by atomic mass is 16.6. The largest absolute Gasteiger partial charge is 0.299 e. The molecular weight excluding hydrogens is 210 g/mol. The molecule has 16 heavy (non-hydrogen) atoms. The van der Waals surface area contributed by atoms with Crippen molar-refractivity contribution < 1.29 is 14.5 Å². The number of carbonyl (C=O) groups is 2. The van der Waals surface area contributed by atoms with Crippen LogP contribution in [0.3, 0.4) is 0 Å². The molecule has 5 nitrogen and oxygen atoms in total. The van der Waals surface area contributed by atoms with Crippen molar-refractivity contribution in [2.24, 2.45) is 11.8 Å². The van der Waals surface area contributed by atoms with E-state index in [1.54, 1.807) is 0 Å². The van der Waals surface area contributed by atoms with E-state index in [9.17, 15) is 19.7 Å². The summed E-state index contributed by atoms with van der Waals surface area (Å²) in [7, 11) is 0. The van der Waals surface area contributed by atoms with Crippen molar-refractivity contribution in [1.82, 2.24) is 0 Å². The van der Waals surface area contributed by atoms with Gasteiger partial charge in [-0.05, 0) is 12.8 Å². The fourth-order valence-electron chi connectivity index (χ4n) is 2.13. The lowest BCUT2D eigenvalue weighted by Gasteiger charge is -2.24. The molecular formula is C11H17NO4. The summed E-state index contributed by atoms with van der Waals surface area (Å²) < 4.78 is 0. The van der Waals surface area contributed by atoms with Crippen LogP contribution < -0.4 is 0 Å². The van der Waals surface area contributed by atoms with Crippen molar-refractivity contribution in [1.29, 1.82) is 0 Å². The molecule has 2 unspecified atom stereocenters. The van der Waals surface area contributed by atoms with Gasteiger partial charge in [0.2, 0.25) is 6.54 Å². The molecule has 0 aromatic heterocycles. The van der Waals surface area contributed by atoms with E-state index < -0.39 is 10.8 Å².